The van der Waals surface area contributed by atoms with E-state index in [4.69, 9.17) is 4.74 Å². The Morgan fingerprint density at radius 1 is 1.07 bits per heavy atom. The fraction of sp³-hybridized carbons (Fsp3) is 0.0870. The maximum atomic E-state index is 13.0. The highest BCUT2D eigenvalue weighted by molar-refractivity contribution is 5.94. The van der Waals surface area contributed by atoms with Gasteiger partial charge in [0, 0.05) is 37.1 Å². The quantitative estimate of drug-likeness (QED) is 0.521. The molecule has 4 aromatic rings. The molecule has 1 N–H and O–H groups in total. The van der Waals surface area contributed by atoms with E-state index in [-0.39, 0.29) is 11.7 Å². The largest absolute Gasteiger partial charge is 0.457 e. The molecule has 4 rings (SSSR count). The number of halogens is 1. The van der Waals surface area contributed by atoms with Crippen LogP contribution in [0.2, 0.25) is 0 Å². The third-order valence-corrected chi connectivity index (χ3v) is 4.42. The molecule has 7 heteroatoms. The summed E-state index contributed by atoms with van der Waals surface area (Å²) in [5.41, 5.74) is 3.11. The van der Waals surface area contributed by atoms with Gasteiger partial charge in [-0.05, 0) is 54.1 Å². The fourth-order valence-electron chi connectivity index (χ4n) is 2.88. The molecular formula is C23H19FN4O2. The molecule has 0 fully saturated rings. The number of carbonyl (C=O) groups excluding carboxylic acids is 1. The van der Waals surface area contributed by atoms with Gasteiger partial charge >= 0.3 is 0 Å². The number of carbonyl (C=O) groups is 1. The van der Waals surface area contributed by atoms with Crippen LogP contribution >= 0.6 is 0 Å². The van der Waals surface area contributed by atoms with Crippen LogP contribution in [0, 0.1) is 5.82 Å². The standard InChI is InChI=1S/C23H19FN4O2/c1-28-15-18(14-27-28)22-10-5-16(12-25-22)13-26-23(29)17-3-2-4-21(11-17)30-20-8-6-19(24)7-9-20/h2-12,14-15H,13H2,1H3,(H,26,29). The second-order valence-electron chi connectivity index (χ2n) is 6.72. The molecule has 0 saturated heterocycles. The van der Waals surface area contributed by atoms with E-state index in [9.17, 15) is 9.18 Å². The molecule has 6 nitrogen and oxygen atoms in total. The van der Waals surface area contributed by atoms with Gasteiger partial charge < -0.3 is 10.1 Å². The normalized spacial score (nSPS) is 10.6. The van der Waals surface area contributed by atoms with E-state index in [0.29, 0.717) is 23.6 Å². The summed E-state index contributed by atoms with van der Waals surface area (Å²) in [6.07, 6.45) is 5.38. The molecule has 0 spiro atoms. The molecule has 150 valence electrons. The molecule has 0 aliphatic carbocycles. The average Bonchev–Trinajstić information content (AvgIpc) is 3.20. The average molecular weight is 402 g/mol. The molecule has 0 aliphatic rings. The molecular weight excluding hydrogens is 383 g/mol. The van der Waals surface area contributed by atoms with Crippen molar-refractivity contribution in [3.05, 3.63) is 96.2 Å². The number of benzene rings is 2. The van der Waals surface area contributed by atoms with Gasteiger partial charge in [0.1, 0.15) is 17.3 Å². The first-order valence-electron chi connectivity index (χ1n) is 9.32. The van der Waals surface area contributed by atoms with Crippen molar-refractivity contribution in [2.75, 3.05) is 0 Å². The van der Waals surface area contributed by atoms with Crippen molar-refractivity contribution in [2.24, 2.45) is 7.05 Å². The zero-order chi connectivity index (χ0) is 20.9. The van der Waals surface area contributed by atoms with Crippen molar-refractivity contribution < 1.29 is 13.9 Å². The lowest BCUT2D eigenvalue weighted by Gasteiger charge is -2.09. The summed E-state index contributed by atoms with van der Waals surface area (Å²) >= 11 is 0. The van der Waals surface area contributed by atoms with Gasteiger partial charge in [-0.2, -0.15) is 5.10 Å². The lowest BCUT2D eigenvalue weighted by Crippen LogP contribution is -2.22. The van der Waals surface area contributed by atoms with Crippen LogP contribution in [0.3, 0.4) is 0 Å². The molecule has 0 saturated carbocycles. The third-order valence-electron chi connectivity index (χ3n) is 4.42. The summed E-state index contributed by atoms with van der Waals surface area (Å²) < 4.78 is 20.4. The number of nitrogens with one attached hydrogen (secondary N) is 1. The van der Waals surface area contributed by atoms with Crippen molar-refractivity contribution in [2.45, 2.75) is 6.54 Å². The Morgan fingerprint density at radius 2 is 1.90 bits per heavy atom. The summed E-state index contributed by atoms with van der Waals surface area (Å²) in [5, 5.41) is 7.02. The van der Waals surface area contributed by atoms with Crippen molar-refractivity contribution in [3.63, 3.8) is 0 Å². The summed E-state index contributed by atoms with van der Waals surface area (Å²) in [4.78, 5) is 16.9. The fourth-order valence-corrected chi connectivity index (χ4v) is 2.88. The smallest absolute Gasteiger partial charge is 0.251 e. The van der Waals surface area contributed by atoms with E-state index in [1.54, 1.807) is 41.3 Å². The van der Waals surface area contributed by atoms with E-state index in [0.717, 1.165) is 16.8 Å². The van der Waals surface area contributed by atoms with Crippen LogP contribution in [0.25, 0.3) is 11.3 Å². The molecule has 2 heterocycles. The molecule has 0 bridgehead atoms. The Hall–Kier alpha value is -4.00. The molecule has 0 unspecified atom stereocenters. The summed E-state index contributed by atoms with van der Waals surface area (Å²) in [5.74, 6) is 0.430. The second kappa shape index (κ2) is 8.57. The summed E-state index contributed by atoms with van der Waals surface area (Å²) in [6.45, 7) is 0.349. The van der Waals surface area contributed by atoms with Gasteiger partial charge in [-0.15, -0.1) is 0 Å². The maximum absolute atomic E-state index is 13.0. The van der Waals surface area contributed by atoms with Gasteiger partial charge in [0.2, 0.25) is 0 Å². The van der Waals surface area contributed by atoms with Crippen LogP contribution in [-0.2, 0) is 13.6 Å². The van der Waals surface area contributed by atoms with Gasteiger partial charge in [0.15, 0.2) is 0 Å². The van der Waals surface area contributed by atoms with Crippen molar-refractivity contribution in [3.8, 4) is 22.8 Å². The minimum absolute atomic E-state index is 0.226. The number of ether oxygens (including phenoxy) is 1. The maximum Gasteiger partial charge on any atom is 0.251 e. The topological polar surface area (TPSA) is 69.0 Å². The molecule has 0 radical (unpaired) electrons. The predicted molar refractivity (Wildman–Crippen MR) is 111 cm³/mol. The Bertz CT molecular complexity index is 1150. The molecule has 1 amide bonds. The van der Waals surface area contributed by atoms with Gasteiger partial charge in [0.05, 0.1) is 11.9 Å². The first-order valence-corrected chi connectivity index (χ1v) is 9.32. The lowest BCUT2D eigenvalue weighted by molar-refractivity contribution is 0.0950. The van der Waals surface area contributed by atoms with E-state index in [1.165, 1.54) is 24.3 Å². The van der Waals surface area contributed by atoms with Crippen molar-refractivity contribution in [1.29, 1.82) is 0 Å². The zero-order valence-corrected chi connectivity index (χ0v) is 16.2. The van der Waals surface area contributed by atoms with Crippen LogP contribution in [0.5, 0.6) is 11.5 Å². The highest BCUT2D eigenvalue weighted by Crippen LogP contribution is 2.22. The summed E-state index contributed by atoms with van der Waals surface area (Å²) in [7, 11) is 1.85. The van der Waals surface area contributed by atoms with Gasteiger partial charge in [-0.25, -0.2) is 4.39 Å². The van der Waals surface area contributed by atoms with E-state index < -0.39 is 0 Å². The number of pyridine rings is 1. The van der Waals surface area contributed by atoms with E-state index in [2.05, 4.69) is 15.4 Å². The molecule has 2 aromatic carbocycles. The van der Waals surface area contributed by atoms with Crippen molar-refractivity contribution in [1.82, 2.24) is 20.1 Å². The highest BCUT2D eigenvalue weighted by atomic mass is 19.1. The molecule has 0 atom stereocenters. The monoisotopic (exact) mass is 402 g/mol. The Balaban J connectivity index is 1.37. The number of nitrogens with zero attached hydrogens (tertiary/aromatic N) is 3. The summed E-state index contributed by atoms with van der Waals surface area (Å²) in [6, 6.07) is 16.3. The number of aromatic nitrogens is 3. The van der Waals surface area contributed by atoms with Gasteiger partial charge in [-0.3, -0.25) is 14.5 Å². The van der Waals surface area contributed by atoms with Crippen LogP contribution in [-0.4, -0.2) is 20.7 Å². The van der Waals surface area contributed by atoms with Crippen LogP contribution in [0.4, 0.5) is 4.39 Å². The van der Waals surface area contributed by atoms with Crippen LogP contribution in [0.1, 0.15) is 15.9 Å². The van der Waals surface area contributed by atoms with E-state index >= 15 is 0 Å². The van der Waals surface area contributed by atoms with E-state index in [1.807, 2.05) is 25.4 Å². The van der Waals surface area contributed by atoms with Gasteiger partial charge in [-0.1, -0.05) is 12.1 Å². The minimum atomic E-state index is -0.335. The number of hydrogen-bond donors (Lipinski definition) is 1. The number of rotatable bonds is 6. The van der Waals surface area contributed by atoms with Crippen LogP contribution in [0.15, 0.2) is 79.3 Å². The molecule has 0 aliphatic heterocycles. The number of hydrogen-bond acceptors (Lipinski definition) is 4. The number of aryl methyl sites for hydroxylation is 1. The second-order valence-corrected chi connectivity index (χ2v) is 6.72. The minimum Gasteiger partial charge on any atom is -0.457 e. The van der Waals surface area contributed by atoms with Crippen LogP contribution < -0.4 is 10.1 Å². The Morgan fingerprint density at radius 3 is 2.60 bits per heavy atom. The highest BCUT2D eigenvalue weighted by Gasteiger charge is 2.08. The molecule has 30 heavy (non-hydrogen) atoms. The number of amides is 1. The lowest BCUT2D eigenvalue weighted by atomic mass is 10.1. The predicted octanol–water partition coefficient (Wildman–Crippen LogP) is 4.34. The van der Waals surface area contributed by atoms with Crippen molar-refractivity contribution >= 4 is 5.91 Å². The third kappa shape index (κ3) is 4.70. The Kier molecular flexibility index (Phi) is 5.52. The first-order chi connectivity index (χ1) is 14.6. The molecule has 2 aromatic heterocycles. The Labute approximate surface area is 173 Å². The van der Waals surface area contributed by atoms with Gasteiger partial charge in [0.25, 0.3) is 5.91 Å². The zero-order valence-electron chi connectivity index (χ0n) is 16.2. The first kappa shape index (κ1) is 19.3. The SMILES string of the molecule is Cn1cc(-c2ccc(CNC(=O)c3cccc(Oc4ccc(F)cc4)c3)cn2)cn1.